The van der Waals surface area contributed by atoms with Gasteiger partial charge in [-0.15, -0.1) is 10.2 Å². The van der Waals surface area contributed by atoms with Gasteiger partial charge in [0.2, 0.25) is 0 Å². The maximum absolute atomic E-state index is 12.9. The number of rotatable bonds is 2. The van der Waals surface area contributed by atoms with Gasteiger partial charge < -0.3 is 13.9 Å². The summed E-state index contributed by atoms with van der Waals surface area (Å²) in [4.78, 5) is 14.9. The normalized spacial score (nSPS) is 19.4. The lowest BCUT2D eigenvalue weighted by Gasteiger charge is -2.41. The number of nitrogens with zero attached hydrogens (tertiary/aromatic N) is 4. The molecule has 2 aliphatic rings. The van der Waals surface area contributed by atoms with Crippen molar-refractivity contribution in [3.05, 3.63) is 34.8 Å². The van der Waals surface area contributed by atoms with E-state index in [1.807, 2.05) is 24.8 Å². The Kier molecular flexibility index (Phi) is 4.60. The van der Waals surface area contributed by atoms with Crippen LogP contribution in [0.15, 0.2) is 10.5 Å². The van der Waals surface area contributed by atoms with E-state index in [9.17, 15) is 4.79 Å². The third kappa shape index (κ3) is 3.30. The number of piperidine rings is 1. The quantitative estimate of drug-likeness (QED) is 0.805. The zero-order valence-corrected chi connectivity index (χ0v) is 16.9. The smallest absolute Gasteiger partial charge is 0.257 e. The van der Waals surface area contributed by atoms with Gasteiger partial charge in [-0.2, -0.15) is 0 Å². The van der Waals surface area contributed by atoms with Crippen molar-refractivity contribution in [3.63, 3.8) is 0 Å². The molecule has 4 heterocycles. The summed E-state index contributed by atoms with van der Waals surface area (Å²) in [5.41, 5.74) is 1.05. The molecule has 1 amide bonds. The molecule has 0 unspecified atom stereocenters. The molecule has 27 heavy (non-hydrogen) atoms. The van der Waals surface area contributed by atoms with Crippen molar-refractivity contribution in [1.29, 1.82) is 0 Å². The van der Waals surface area contributed by atoms with E-state index in [1.165, 1.54) is 0 Å². The Morgan fingerprint density at radius 1 is 1.11 bits per heavy atom. The van der Waals surface area contributed by atoms with Crippen molar-refractivity contribution < 1.29 is 9.21 Å². The van der Waals surface area contributed by atoms with E-state index in [4.69, 9.17) is 4.42 Å². The summed E-state index contributed by atoms with van der Waals surface area (Å²) >= 11 is 0. The zero-order chi connectivity index (χ0) is 19.2. The van der Waals surface area contributed by atoms with Crippen molar-refractivity contribution in [2.45, 2.75) is 72.3 Å². The Morgan fingerprint density at radius 3 is 2.44 bits per heavy atom. The predicted octanol–water partition coefficient (Wildman–Crippen LogP) is 3.87. The molecule has 6 nitrogen and oxygen atoms in total. The van der Waals surface area contributed by atoms with Crippen molar-refractivity contribution in [3.8, 4) is 0 Å². The second-order valence-corrected chi connectivity index (χ2v) is 8.65. The van der Waals surface area contributed by atoms with Crippen molar-refractivity contribution in [2.75, 3.05) is 13.1 Å². The minimum absolute atomic E-state index is 0.118. The molecular formula is C21H30N4O2. The molecule has 4 rings (SSSR count). The maximum atomic E-state index is 12.9. The molecule has 0 N–H and O–H groups in total. The van der Waals surface area contributed by atoms with Gasteiger partial charge in [-0.25, -0.2) is 0 Å². The summed E-state index contributed by atoms with van der Waals surface area (Å²) < 4.78 is 7.89. The molecule has 0 bridgehead atoms. The van der Waals surface area contributed by atoms with E-state index < -0.39 is 0 Å². The van der Waals surface area contributed by atoms with Gasteiger partial charge in [0, 0.05) is 32.0 Å². The van der Waals surface area contributed by atoms with Crippen LogP contribution in [0.4, 0.5) is 0 Å². The molecule has 146 valence electrons. The molecule has 2 aliphatic heterocycles. The lowest BCUT2D eigenvalue weighted by molar-refractivity contribution is 0.0534. The molecular weight excluding hydrogens is 340 g/mol. The highest BCUT2D eigenvalue weighted by Gasteiger charge is 2.38. The van der Waals surface area contributed by atoms with Gasteiger partial charge in [0.05, 0.1) is 5.56 Å². The molecule has 1 spiro atoms. The fourth-order valence-electron chi connectivity index (χ4n) is 4.75. The molecule has 0 aromatic carbocycles. The van der Waals surface area contributed by atoms with Crippen LogP contribution in [0.2, 0.25) is 0 Å². The van der Waals surface area contributed by atoms with Crippen LogP contribution >= 0.6 is 0 Å². The van der Waals surface area contributed by atoms with Crippen LogP contribution < -0.4 is 0 Å². The molecule has 0 aliphatic carbocycles. The van der Waals surface area contributed by atoms with E-state index in [0.717, 1.165) is 80.5 Å². The van der Waals surface area contributed by atoms with E-state index in [0.29, 0.717) is 11.3 Å². The highest BCUT2D eigenvalue weighted by Crippen LogP contribution is 2.42. The minimum atomic E-state index is 0.118. The molecule has 2 aromatic rings. The lowest BCUT2D eigenvalue weighted by Crippen LogP contribution is -2.43. The highest BCUT2D eigenvalue weighted by molar-refractivity contribution is 5.95. The number of carbonyl (C=O) groups is 1. The Hall–Kier alpha value is -2.11. The molecule has 0 saturated carbocycles. The van der Waals surface area contributed by atoms with Crippen molar-refractivity contribution >= 4 is 5.91 Å². The van der Waals surface area contributed by atoms with E-state index in [-0.39, 0.29) is 5.91 Å². The number of furan rings is 1. The molecule has 0 atom stereocenters. The Morgan fingerprint density at radius 2 is 1.81 bits per heavy atom. The zero-order valence-electron chi connectivity index (χ0n) is 16.9. The number of carbonyl (C=O) groups excluding carboxylic acids is 1. The first-order valence-corrected chi connectivity index (χ1v) is 10.2. The van der Waals surface area contributed by atoms with Gasteiger partial charge in [-0.1, -0.05) is 13.8 Å². The Balaban J connectivity index is 1.43. The number of aryl methyl sites for hydroxylation is 3. The average molecular weight is 370 g/mol. The van der Waals surface area contributed by atoms with Crippen LogP contribution in [0.3, 0.4) is 0 Å². The minimum Gasteiger partial charge on any atom is -0.466 e. The predicted molar refractivity (Wildman–Crippen MR) is 103 cm³/mol. The van der Waals surface area contributed by atoms with E-state index >= 15 is 0 Å². The number of fused-ring (bicyclic) bond motifs is 1. The van der Waals surface area contributed by atoms with E-state index in [1.54, 1.807) is 0 Å². The standard InChI is InChI=1S/C21H30N4O2/c1-14(2)19-23-22-18-5-6-21(9-12-25(18)19)7-10-24(11-8-21)20(26)17-13-15(3)27-16(17)4/h13-14H,5-12H2,1-4H3. The second kappa shape index (κ2) is 6.80. The summed E-state index contributed by atoms with van der Waals surface area (Å²) in [6.07, 6.45) is 5.44. The van der Waals surface area contributed by atoms with Gasteiger partial charge in [-0.05, 0) is 51.0 Å². The molecule has 1 fully saturated rings. The number of hydrogen-bond donors (Lipinski definition) is 0. The fourth-order valence-corrected chi connectivity index (χ4v) is 4.75. The number of likely N-dealkylation sites (tertiary alicyclic amines) is 1. The summed E-state index contributed by atoms with van der Waals surface area (Å²) in [5, 5.41) is 8.85. The first-order valence-electron chi connectivity index (χ1n) is 10.2. The molecule has 6 heteroatoms. The Bertz CT molecular complexity index is 840. The fraction of sp³-hybridized carbons (Fsp3) is 0.667. The average Bonchev–Trinajstić information content (AvgIpc) is 3.16. The van der Waals surface area contributed by atoms with Gasteiger partial charge in [0.1, 0.15) is 23.2 Å². The third-order valence-corrected chi connectivity index (χ3v) is 6.50. The van der Waals surface area contributed by atoms with E-state index in [2.05, 4.69) is 28.6 Å². The topological polar surface area (TPSA) is 64.2 Å². The van der Waals surface area contributed by atoms with Gasteiger partial charge in [0.25, 0.3) is 5.91 Å². The molecule has 1 saturated heterocycles. The summed E-state index contributed by atoms with van der Waals surface area (Å²) in [5.74, 6) is 4.30. The monoisotopic (exact) mass is 370 g/mol. The van der Waals surface area contributed by atoms with Crippen LogP contribution in [-0.4, -0.2) is 38.7 Å². The third-order valence-electron chi connectivity index (χ3n) is 6.50. The summed E-state index contributed by atoms with van der Waals surface area (Å²) in [6, 6.07) is 1.87. The maximum Gasteiger partial charge on any atom is 0.257 e. The number of hydrogen-bond acceptors (Lipinski definition) is 4. The highest BCUT2D eigenvalue weighted by atomic mass is 16.3. The van der Waals surface area contributed by atoms with Gasteiger partial charge in [-0.3, -0.25) is 4.79 Å². The van der Waals surface area contributed by atoms with Crippen LogP contribution in [-0.2, 0) is 13.0 Å². The van der Waals surface area contributed by atoms with Gasteiger partial charge in [0.15, 0.2) is 0 Å². The van der Waals surface area contributed by atoms with Crippen molar-refractivity contribution in [2.24, 2.45) is 5.41 Å². The SMILES string of the molecule is Cc1cc(C(=O)N2CCC3(CCc4nnc(C(C)C)n4CC3)CC2)c(C)o1. The number of aromatic nitrogens is 3. The van der Waals surface area contributed by atoms with Crippen LogP contribution in [0.1, 0.15) is 79.0 Å². The summed E-state index contributed by atoms with van der Waals surface area (Å²) in [6.45, 7) is 10.8. The summed E-state index contributed by atoms with van der Waals surface area (Å²) in [7, 11) is 0. The second-order valence-electron chi connectivity index (χ2n) is 8.65. The number of amides is 1. The van der Waals surface area contributed by atoms with Crippen LogP contribution in [0.25, 0.3) is 0 Å². The van der Waals surface area contributed by atoms with Crippen LogP contribution in [0.5, 0.6) is 0 Å². The van der Waals surface area contributed by atoms with Gasteiger partial charge >= 0.3 is 0 Å². The molecule has 2 aromatic heterocycles. The first-order chi connectivity index (χ1) is 12.9. The molecule has 0 radical (unpaired) electrons. The van der Waals surface area contributed by atoms with Crippen LogP contribution in [0, 0.1) is 19.3 Å². The lowest BCUT2D eigenvalue weighted by atomic mass is 9.72. The largest absolute Gasteiger partial charge is 0.466 e. The first kappa shape index (κ1) is 18.3. The van der Waals surface area contributed by atoms with Crippen molar-refractivity contribution in [1.82, 2.24) is 19.7 Å². The Labute approximate surface area is 160 Å².